The van der Waals surface area contributed by atoms with Gasteiger partial charge in [-0.3, -0.25) is 0 Å². The third kappa shape index (κ3) is 1.98. The molecule has 11 heavy (non-hydrogen) atoms. The molecule has 2 nitrogen and oxygen atoms in total. The lowest BCUT2D eigenvalue weighted by molar-refractivity contribution is 0.525. The van der Waals surface area contributed by atoms with E-state index < -0.39 is 0 Å². The Balaban J connectivity index is 2.89. The molecule has 0 saturated carbocycles. The van der Waals surface area contributed by atoms with Gasteiger partial charge in [0.25, 0.3) is 0 Å². The van der Waals surface area contributed by atoms with E-state index in [0.717, 1.165) is 11.5 Å². The van der Waals surface area contributed by atoms with Gasteiger partial charge in [0.2, 0.25) is 0 Å². The number of nitriles is 1. The van der Waals surface area contributed by atoms with E-state index in [4.69, 9.17) is 9.68 Å². The van der Waals surface area contributed by atoms with Crippen LogP contribution in [0.5, 0.6) is 0 Å². The molecule has 1 heterocycles. The molecule has 1 aromatic rings. The zero-order valence-corrected chi connectivity index (χ0v) is 6.59. The monoisotopic (exact) mass is 147 g/mol. The molecule has 0 bridgehead atoms. The van der Waals surface area contributed by atoms with Crippen LogP contribution in [-0.2, 0) is 0 Å². The molecule has 0 aliphatic heterocycles. The topological polar surface area (TPSA) is 36.9 Å². The summed E-state index contributed by atoms with van der Waals surface area (Å²) in [5.41, 5.74) is 0.652. The standard InChI is InChI=1S/C9H9NO/c1-7(6-10)5-9-4-3-8(2)11-9/h3-5H,1-2H3/b7-5+. The second kappa shape index (κ2) is 3.07. The Hall–Kier alpha value is -1.49. The van der Waals surface area contributed by atoms with Gasteiger partial charge < -0.3 is 4.42 Å². The number of allylic oxidation sites excluding steroid dienone is 1. The van der Waals surface area contributed by atoms with Crippen LogP contribution in [0.25, 0.3) is 6.08 Å². The zero-order valence-electron chi connectivity index (χ0n) is 6.59. The predicted octanol–water partition coefficient (Wildman–Crippen LogP) is 2.51. The van der Waals surface area contributed by atoms with Crippen molar-refractivity contribution in [3.05, 3.63) is 29.2 Å². The Morgan fingerprint density at radius 3 is 2.82 bits per heavy atom. The Bertz CT molecular complexity index is 315. The fraction of sp³-hybridized carbons (Fsp3) is 0.222. The van der Waals surface area contributed by atoms with Crippen molar-refractivity contribution in [1.82, 2.24) is 0 Å². The molecule has 0 spiro atoms. The van der Waals surface area contributed by atoms with Crippen molar-refractivity contribution in [2.24, 2.45) is 0 Å². The van der Waals surface area contributed by atoms with Crippen molar-refractivity contribution in [2.45, 2.75) is 13.8 Å². The maximum absolute atomic E-state index is 8.44. The summed E-state index contributed by atoms with van der Waals surface area (Å²) in [5.74, 6) is 1.60. The zero-order chi connectivity index (χ0) is 8.27. The lowest BCUT2D eigenvalue weighted by atomic mass is 10.3. The molecule has 0 N–H and O–H groups in total. The highest BCUT2D eigenvalue weighted by atomic mass is 16.3. The Kier molecular flexibility index (Phi) is 2.12. The van der Waals surface area contributed by atoms with Crippen molar-refractivity contribution in [2.75, 3.05) is 0 Å². The minimum absolute atomic E-state index is 0.652. The van der Waals surface area contributed by atoms with E-state index in [9.17, 15) is 0 Å². The lowest BCUT2D eigenvalue weighted by Crippen LogP contribution is -1.67. The quantitative estimate of drug-likeness (QED) is 0.572. The molecule has 0 amide bonds. The van der Waals surface area contributed by atoms with E-state index in [1.165, 1.54) is 0 Å². The largest absolute Gasteiger partial charge is 0.462 e. The Labute approximate surface area is 65.8 Å². The summed E-state index contributed by atoms with van der Waals surface area (Å²) in [4.78, 5) is 0. The van der Waals surface area contributed by atoms with Gasteiger partial charge in [-0.2, -0.15) is 5.26 Å². The molecule has 0 aromatic carbocycles. The molecule has 56 valence electrons. The van der Waals surface area contributed by atoms with Crippen LogP contribution < -0.4 is 0 Å². The summed E-state index contributed by atoms with van der Waals surface area (Å²) in [6, 6.07) is 5.74. The first-order valence-corrected chi connectivity index (χ1v) is 3.37. The van der Waals surface area contributed by atoms with Gasteiger partial charge in [-0.25, -0.2) is 0 Å². The van der Waals surface area contributed by atoms with Crippen LogP contribution in [0.15, 0.2) is 22.1 Å². The minimum Gasteiger partial charge on any atom is -0.462 e. The molecule has 2 heteroatoms. The number of rotatable bonds is 1. The van der Waals surface area contributed by atoms with Crippen molar-refractivity contribution < 1.29 is 4.42 Å². The van der Waals surface area contributed by atoms with Crippen LogP contribution in [0.3, 0.4) is 0 Å². The van der Waals surface area contributed by atoms with E-state index in [1.807, 2.05) is 25.1 Å². The molecule has 0 aliphatic carbocycles. The third-order valence-corrected chi connectivity index (χ3v) is 1.30. The van der Waals surface area contributed by atoms with Gasteiger partial charge in [0.1, 0.15) is 11.5 Å². The summed E-state index contributed by atoms with van der Waals surface area (Å²) in [7, 11) is 0. The highest BCUT2D eigenvalue weighted by Gasteiger charge is 1.93. The number of nitrogens with zero attached hydrogens (tertiary/aromatic N) is 1. The molecule has 0 fully saturated rings. The van der Waals surface area contributed by atoms with E-state index in [2.05, 4.69) is 0 Å². The first-order chi connectivity index (χ1) is 5.22. The van der Waals surface area contributed by atoms with Gasteiger partial charge >= 0.3 is 0 Å². The van der Waals surface area contributed by atoms with Gasteiger partial charge in [-0.05, 0) is 32.1 Å². The normalized spacial score (nSPS) is 11.2. The van der Waals surface area contributed by atoms with Gasteiger partial charge in [-0.15, -0.1) is 0 Å². The molecule has 0 unspecified atom stereocenters. The SMILES string of the molecule is C/C(C#N)=C\c1ccc(C)o1. The van der Waals surface area contributed by atoms with E-state index in [1.54, 1.807) is 13.0 Å². The maximum Gasteiger partial charge on any atom is 0.128 e. The fourth-order valence-corrected chi connectivity index (χ4v) is 0.777. The summed E-state index contributed by atoms with van der Waals surface area (Å²) < 4.78 is 5.23. The van der Waals surface area contributed by atoms with Crippen molar-refractivity contribution >= 4 is 6.08 Å². The second-order valence-electron chi connectivity index (χ2n) is 2.39. The van der Waals surface area contributed by atoms with E-state index >= 15 is 0 Å². The highest BCUT2D eigenvalue weighted by Crippen LogP contribution is 2.09. The molecule has 0 radical (unpaired) electrons. The summed E-state index contributed by atoms with van der Waals surface area (Å²) >= 11 is 0. The first-order valence-electron chi connectivity index (χ1n) is 3.37. The molecular formula is C9H9NO. The highest BCUT2D eigenvalue weighted by molar-refractivity contribution is 5.51. The van der Waals surface area contributed by atoms with Crippen LogP contribution in [0, 0.1) is 18.3 Å². The molecule has 0 aliphatic rings. The van der Waals surface area contributed by atoms with Gasteiger partial charge in [-0.1, -0.05) is 0 Å². The Morgan fingerprint density at radius 2 is 2.36 bits per heavy atom. The van der Waals surface area contributed by atoms with Gasteiger partial charge in [0, 0.05) is 5.57 Å². The molecule has 0 atom stereocenters. The average Bonchev–Trinajstić information content (AvgIpc) is 2.35. The summed E-state index contributed by atoms with van der Waals surface area (Å²) in [6.07, 6.45) is 1.72. The van der Waals surface area contributed by atoms with Crippen LogP contribution in [0.4, 0.5) is 0 Å². The predicted molar refractivity (Wildman–Crippen MR) is 42.7 cm³/mol. The minimum atomic E-state index is 0.652. The summed E-state index contributed by atoms with van der Waals surface area (Å²) in [5, 5.41) is 8.44. The van der Waals surface area contributed by atoms with Crippen molar-refractivity contribution in [3.63, 3.8) is 0 Å². The third-order valence-electron chi connectivity index (χ3n) is 1.30. The van der Waals surface area contributed by atoms with E-state index in [-0.39, 0.29) is 0 Å². The lowest BCUT2D eigenvalue weighted by Gasteiger charge is -1.84. The molecule has 0 saturated heterocycles. The number of hydrogen-bond acceptors (Lipinski definition) is 2. The van der Waals surface area contributed by atoms with E-state index in [0.29, 0.717) is 5.57 Å². The fourth-order valence-electron chi connectivity index (χ4n) is 0.777. The number of furan rings is 1. The second-order valence-corrected chi connectivity index (χ2v) is 2.39. The van der Waals surface area contributed by atoms with Gasteiger partial charge in [0.05, 0.1) is 6.07 Å². The summed E-state index contributed by atoms with van der Waals surface area (Å²) in [6.45, 7) is 3.62. The van der Waals surface area contributed by atoms with Crippen LogP contribution in [0.1, 0.15) is 18.4 Å². The molecular weight excluding hydrogens is 138 g/mol. The van der Waals surface area contributed by atoms with Crippen molar-refractivity contribution in [3.8, 4) is 6.07 Å². The Morgan fingerprint density at radius 1 is 1.64 bits per heavy atom. The average molecular weight is 147 g/mol. The maximum atomic E-state index is 8.44. The number of hydrogen-bond donors (Lipinski definition) is 0. The van der Waals surface area contributed by atoms with Crippen LogP contribution in [-0.4, -0.2) is 0 Å². The first kappa shape index (κ1) is 7.62. The van der Waals surface area contributed by atoms with Crippen molar-refractivity contribution in [1.29, 1.82) is 5.26 Å². The number of aryl methyl sites for hydroxylation is 1. The smallest absolute Gasteiger partial charge is 0.128 e. The molecule has 1 aromatic heterocycles. The van der Waals surface area contributed by atoms with Crippen LogP contribution >= 0.6 is 0 Å². The van der Waals surface area contributed by atoms with Crippen LogP contribution in [0.2, 0.25) is 0 Å². The molecule has 1 rings (SSSR count). The van der Waals surface area contributed by atoms with Gasteiger partial charge in [0.15, 0.2) is 0 Å².